The number of hydrogen-bond donors (Lipinski definition) is 0. The van der Waals surface area contributed by atoms with Gasteiger partial charge in [-0.3, -0.25) is 0 Å². The van der Waals surface area contributed by atoms with Gasteiger partial charge in [-0.2, -0.15) is 0 Å². The van der Waals surface area contributed by atoms with Crippen LogP contribution in [0.15, 0.2) is 18.3 Å². The highest BCUT2D eigenvalue weighted by molar-refractivity contribution is 5.22. The molecule has 0 saturated heterocycles. The predicted molar refractivity (Wildman–Crippen MR) is 46.6 cm³/mol. The Morgan fingerprint density at radius 3 is 2.75 bits per heavy atom. The SMILES string of the molecule is CCCOc1ccc(OC)nc1. The first-order valence-electron chi connectivity index (χ1n) is 3.99. The Morgan fingerprint density at radius 2 is 2.25 bits per heavy atom. The van der Waals surface area contributed by atoms with Crippen LogP contribution in [-0.4, -0.2) is 18.7 Å². The molecular weight excluding hydrogens is 154 g/mol. The van der Waals surface area contributed by atoms with Gasteiger partial charge >= 0.3 is 0 Å². The Labute approximate surface area is 72.3 Å². The molecule has 0 unspecified atom stereocenters. The molecule has 1 aromatic heterocycles. The van der Waals surface area contributed by atoms with Crippen LogP contribution in [0, 0.1) is 0 Å². The molecular formula is C9H13NO2. The van der Waals surface area contributed by atoms with Crippen LogP contribution < -0.4 is 9.47 Å². The summed E-state index contributed by atoms with van der Waals surface area (Å²) < 4.78 is 10.2. The van der Waals surface area contributed by atoms with Crippen molar-refractivity contribution in [3.8, 4) is 11.6 Å². The van der Waals surface area contributed by atoms with Gasteiger partial charge < -0.3 is 9.47 Å². The smallest absolute Gasteiger partial charge is 0.213 e. The Balaban J connectivity index is 2.53. The number of hydrogen-bond acceptors (Lipinski definition) is 3. The van der Waals surface area contributed by atoms with Crippen LogP contribution in [-0.2, 0) is 0 Å². The third-order valence-corrected chi connectivity index (χ3v) is 1.39. The maximum absolute atomic E-state index is 5.34. The van der Waals surface area contributed by atoms with Crippen molar-refractivity contribution in [2.24, 2.45) is 0 Å². The van der Waals surface area contributed by atoms with Crippen LogP contribution in [0.2, 0.25) is 0 Å². The lowest BCUT2D eigenvalue weighted by Gasteiger charge is -2.03. The van der Waals surface area contributed by atoms with Crippen molar-refractivity contribution >= 4 is 0 Å². The molecule has 1 rings (SSSR count). The minimum absolute atomic E-state index is 0.610. The lowest BCUT2D eigenvalue weighted by atomic mass is 10.4. The molecule has 3 heteroatoms. The van der Waals surface area contributed by atoms with E-state index >= 15 is 0 Å². The van der Waals surface area contributed by atoms with E-state index in [0.29, 0.717) is 5.88 Å². The standard InChI is InChI=1S/C9H13NO2/c1-3-6-12-8-4-5-9(11-2)10-7-8/h4-5,7H,3,6H2,1-2H3. The quantitative estimate of drug-likeness (QED) is 0.686. The van der Waals surface area contributed by atoms with Crippen LogP contribution in [0.5, 0.6) is 11.6 Å². The molecule has 12 heavy (non-hydrogen) atoms. The number of rotatable bonds is 4. The third-order valence-electron chi connectivity index (χ3n) is 1.39. The molecule has 0 N–H and O–H groups in total. The van der Waals surface area contributed by atoms with Crippen molar-refractivity contribution in [1.29, 1.82) is 0 Å². The zero-order valence-electron chi connectivity index (χ0n) is 7.41. The fourth-order valence-corrected chi connectivity index (χ4v) is 0.793. The zero-order chi connectivity index (χ0) is 8.81. The Morgan fingerprint density at radius 1 is 1.42 bits per heavy atom. The summed E-state index contributed by atoms with van der Waals surface area (Å²) in [6.07, 6.45) is 2.67. The summed E-state index contributed by atoms with van der Waals surface area (Å²) in [5, 5.41) is 0. The molecule has 0 aromatic carbocycles. The van der Waals surface area contributed by atoms with Gasteiger partial charge in [0.25, 0.3) is 0 Å². The monoisotopic (exact) mass is 167 g/mol. The molecule has 3 nitrogen and oxygen atoms in total. The van der Waals surface area contributed by atoms with E-state index in [1.165, 1.54) is 0 Å². The number of nitrogens with zero attached hydrogens (tertiary/aromatic N) is 1. The first-order chi connectivity index (χ1) is 5.86. The lowest BCUT2D eigenvalue weighted by molar-refractivity contribution is 0.314. The Hall–Kier alpha value is -1.25. The van der Waals surface area contributed by atoms with E-state index in [4.69, 9.17) is 9.47 Å². The Bertz CT molecular complexity index is 220. The molecule has 1 aromatic rings. The molecule has 0 aliphatic carbocycles. The van der Waals surface area contributed by atoms with Gasteiger partial charge in [0.05, 0.1) is 19.9 Å². The van der Waals surface area contributed by atoms with Gasteiger partial charge in [-0.05, 0) is 12.5 Å². The molecule has 0 fully saturated rings. The van der Waals surface area contributed by atoms with Gasteiger partial charge in [0, 0.05) is 6.07 Å². The van der Waals surface area contributed by atoms with Crippen molar-refractivity contribution in [1.82, 2.24) is 4.98 Å². The minimum atomic E-state index is 0.610. The van der Waals surface area contributed by atoms with Gasteiger partial charge in [0.15, 0.2) is 0 Å². The van der Waals surface area contributed by atoms with Gasteiger partial charge in [0.2, 0.25) is 5.88 Å². The highest BCUT2D eigenvalue weighted by Gasteiger charge is 1.94. The summed E-state index contributed by atoms with van der Waals surface area (Å²) >= 11 is 0. The summed E-state index contributed by atoms with van der Waals surface area (Å²) in [5.41, 5.74) is 0. The highest BCUT2D eigenvalue weighted by Crippen LogP contribution is 2.12. The normalized spacial score (nSPS) is 9.50. The van der Waals surface area contributed by atoms with Crippen molar-refractivity contribution in [2.45, 2.75) is 13.3 Å². The Kier molecular flexibility index (Phi) is 3.38. The maximum atomic E-state index is 5.34. The second-order valence-electron chi connectivity index (χ2n) is 2.38. The molecule has 0 radical (unpaired) electrons. The number of aromatic nitrogens is 1. The molecule has 0 saturated carbocycles. The minimum Gasteiger partial charge on any atom is -0.492 e. The summed E-state index contributed by atoms with van der Waals surface area (Å²) in [7, 11) is 1.59. The molecule has 0 atom stereocenters. The largest absolute Gasteiger partial charge is 0.492 e. The van der Waals surface area contributed by atoms with Gasteiger partial charge in [-0.15, -0.1) is 0 Å². The second kappa shape index (κ2) is 4.59. The summed E-state index contributed by atoms with van der Waals surface area (Å²) in [4.78, 5) is 4.00. The van der Waals surface area contributed by atoms with E-state index in [9.17, 15) is 0 Å². The van der Waals surface area contributed by atoms with Gasteiger partial charge in [-0.25, -0.2) is 4.98 Å². The van der Waals surface area contributed by atoms with Crippen LogP contribution in [0.3, 0.4) is 0 Å². The van der Waals surface area contributed by atoms with Crippen molar-refractivity contribution < 1.29 is 9.47 Å². The average Bonchev–Trinajstić information content (AvgIpc) is 2.15. The zero-order valence-corrected chi connectivity index (χ0v) is 7.41. The van der Waals surface area contributed by atoms with Gasteiger partial charge in [-0.1, -0.05) is 6.92 Å². The summed E-state index contributed by atoms with van der Waals surface area (Å²) in [6.45, 7) is 2.80. The van der Waals surface area contributed by atoms with Crippen molar-refractivity contribution in [2.75, 3.05) is 13.7 Å². The molecule has 1 heterocycles. The molecule has 0 amide bonds. The van der Waals surface area contributed by atoms with Crippen LogP contribution in [0.1, 0.15) is 13.3 Å². The molecule has 66 valence electrons. The third kappa shape index (κ3) is 2.42. The first-order valence-corrected chi connectivity index (χ1v) is 3.99. The second-order valence-corrected chi connectivity index (χ2v) is 2.38. The lowest BCUT2D eigenvalue weighted by Crippen LogP contribution is -1.95. The molecule has 0 aliphatic rings. The topological polar surface area (TPSA) is 31.4 Å². The maximum Gasteiger partial charge on any atom is 0.213 e. The summed E-state index contributed by atoms with van der Waals surface area (Å²) in [6, 6.07) is 3.63. The van der Waals surface area contributed by atoms with Crippen molar-refractivity contribution in [3.63, 3.8) is 0 Å². The van der Waals surface area contributed by atoms with E-state index in [2.05, 4.69) is 11.9 Å². The van der Waals surface area contributed by atoms with Crippen molar-refractivity contribution in [3.05, 3.63) is 18.3 Å². The number of methoxy groups -OCH3 is 1. The van der Waals surface area contributed by atoms with Crippen LogP contribution in [0.4, 0.5) is 0 Å². The van der Waals surface area contributed by atoms with Crippen LogP contribution in [0.25, 0.3) is 0 Å². The fraction of sp³-hybridized carbons (Fsp3) is 0.444. The van der Waals surface area contributed by atoms with E-state index in [1.807, 2.05) is 6.07 Å². The summed E-state index contributed by atoms with van der Waals surface area (Å²) in [5.74, 6) is 1.40. The van der Waals surface area contributed by atoms with Gasteiger partial charge in [0.1, 0.15) is 5.75 Å². The number of ether oxygens (including phenoxy) is 2. The van der Waals surface area contributed by atoms with E-state index in [1.54, 1.807) is 19.4 Å². The average molecular weight is 167 g/mol. The molecule has 0 spiro atoms. The van der Waals surface area contributed by atoms with E-state index in [-0.39, 0.29) is 0 Å². The first kappa shape index (κ1) is 8.84. The van der Waals surface area contributed by atoms with Crippen LogP contribution >= 0.6 is 0 Å². The molecule has 0 aliphatic heterocycles. The highest BCUT2D eigenvalue weighted by atomic mass is 16.5. The van der Waals surface area contributed by atoms with E-state index < -0.39 is 0 Å². The molecule has 0 bridgehead atoms. The van der Waals surface area contributed by atoms with E-state index in [0.717, 1.165) is 18.8 Å². The number of pyridine rings is 1. The fourth-order valence-electron chi connectivity index (χ4n) is 0.793. The predicted octanol–water partition coefficient (Wildman–Crippen LogP) is 1.88.